The maximum absolute atomic E-state index is 13.5. The number of aryl methyl sites for hydroxylation is 2. The number of aromatic nitrogens is 4. The van der Waals surface area contributed by atoms with Crippen molar-refractivity contribution in [1.82, 2.24) is 24.6 Å². The van der Waals surface area contributed by atoms with Crippen LogP contribution < -0.4 is 9.47 Å². The molecule has 34 heavy (non-hydrogen) atoms. The number of benzene rings is 1. The number of halogens is 3. The zero-order valence-electron chi connectivity index (χ0n) is 19.3. The van der Waals surface area contributed by atoms with Gasteiger partial charge in [-0.15, -0.1) is 0 Å². The van der Waals surface area contributed by atoms with Crippen molar-refractivity contribution in [3.8, 4) is 22.8 Å². The monoisotopic (exact) mass is 495 g/mol. The molecular formula is C22H24F3N5O3S. The molecule has 2 heterocycles. The molecular weight excluding hydrogens is 471 g/mol. The third-order valence-corrected chi connectivity index (χ3v) is 5.78. The maximum atomic E-state index is 13.5. The van der Waals surface area contributed by atoms with Gasteiger partial charge in [0, 0.05) is 38.0 Å². The summed E-state index contributed by atoms with van der Waals surface area (Å²) < 4.78 is 52.6. The number of rotatable bonds is 8. The highest BCUT2D eigenvalue weighted by Crippen LogP contribution is 2.35. The number of carbonyl (C=O) groups excluding carboxylic acids is 1. The van der Waals surface area contributed by atoms with Crippen molar-refractivity contribution in [3.63, 3.8) is 0 Å². The van der Waals surface area contributed by atoms with E-state index in [0.717, 1.165) is 29.1 Å². The number of hydrogen-bond donors (Lipinski definition) is 0. The molecule has 0 aliphatic carbocycles. The Morgan fingerprint density at radius 2 is 1.85 bits per heavy atom. The molecule has 0 bridgehead atoms. The summed E-state index contributed by atoms with van der Waals surface area (Å²) in [4.78, 5) is 22.0. The summed E-state index contributed by atoms with van der Waals surface area (Å²) in [5.74, 6) is 0.386. The second-order valence-corrected chi connectivity index (χ2v) is 8.38. The lowest BCUT2D eigenvalue weighted by Crippen LogP contribution is -2.28. The first-order chi connectivity index (χ1) is 16.0. The number of methoxy groups -OCH3 is 2. The minimum absolute atomic E-state index is 0.0533. The average molecular weight is 496 g/mol. The number of nitrogens with zero attached hydrogens (tertiary/aromatic N) is 5. The fraction of sp³-hybridized carbons (Fsp3) is 0.364. The Balaban J connectivity index is 1.82. The van der Waals surface area contributed by atoms with Crippen LogP contribution in [-0.4, -0.2) is 57.6 Å². The zero-order chi connectivity index (χ0) is 25.0. The Morgan fingerprint density at radius 1 is 1.15 bits per heavy atom. The van der Waals surface area contributed by atoms with Crippen molar-refractivity contribution >= 4 is 17.7 Å². The third kappa shape index (κ3) is 5.99. The van der Waals surface area contributed by atoms with Gasteiger partial charge in [0.1, 0.15) is 5.69 Å². The molecule has 0 unspecified atom stereocenters. The van der Waals surface area contributed by atoms with Gasteiger partial charge < -0.3 is 14.4 Å². The zero-order valence-corrected chi connectivity index (χ0v) is 20.1. The Morgan fingerprint density at radius 3 is 2.44 bits per heavy atom. The lowest BCUT2D eigenvalue weighted by atomic mass is 10.1. The minimum atomic E-state index is -4.68. The second-order valence-electron chi connectivity index (χ2n) is 7.44. The summed E-state index contributed by atoms with van der Waals surface area (Å²) in [6.07, 6.45) is -2.86. The molecule has 0 fully saturated rings. The molecule has 0 aliphatic rings. The van der Waals surface area contributed by atoms with Crippen molar-refractivity contribution in [1.29, 1.82) is 0 Å². The number of carbonyl (C=O) groups is 1. The van der Waals surface area contributed by atoms with Gasteiger partial charge in [0.15, 0.2) is 16.7 Å². The van der Waals surface area contributed by atoms with Gasteiger partial charge in [-0.1, -0.05) is 11.8 Å². The minimum Gasteiger partial charge on any atom is -0.493 e. The molecule has 3 rings (SSSR count). The van der Waals surface area contributed by atoms with Crippen molar-refractivity contribution < 1.29 is 27.4 Å². The van der Waals surface area contributed by atoms with Gasteiger partial charge in [0.25, 0.3) is 0 Å². The normalized spacial score (nSPS) is 11.4. The first-order valence-corrected chi connectivity index (χ1v) is 11.0. The first-order valence-electron chi connectivity index (χ1n) is 10.1. The van der Waals surface area contributed by atoms with Crippen LogP contribution in [0.25, 0.3) is 11.3 Å². The van der Waals surface area contributed by atoms with Crippen LogP contribution >= 0.6 is 11.8 Å². The van der Waals surface area contributed by atoms with Gasteiger partial charge in [0.05, 0.1) is 31.4 Å². The van der Waals surface area contributed by atoms with Crippen molar-refractivity contribution in [2.24, 2.45) is 7.05 Å². The fourth-order valence-corrected chi connectivity index (χ4v) is 3.96. The summed E-state index contributed by atoms with van der Waals surface area (Å²) >= 11 is 0.843. The van der Waals surface area contributed by atoms with E-state index >= 15 is 0 Å². The quantitative estimate of drug-likeness (QED) is 0.345. The van der Waals surface area contributed by atoms with E-state index in [1.54, 1.807) is 30.9 Å². The summed E-state index contributed by atoms with van der Waals surface area (Å²) in [5, 5.41) is 4.09. The number of hydrogen-bond acceptors (Lipinski definition) is 7. The van der Waals surface area contributed by atoms with Gasteiger partial charge in [-0.2, -0.15) is 18.3 Å². The molecule has 12 heteroatoms. The molecule has 0 saturated heterocycles. The van der Waals surface area contributed by atoms with Crippen LogP contribution in [0.2, 0.25) is 0 Å². The molecule has 0 atom stereocenters. The highest BCUT2D eigenvalue weighted by molar-refractivity contribution is 7.99. The van der Waals surface area contributed by atoms with Crippen LogP contribution in [0.4, 0.5) is 13.2 Å². The van der Waals surface area contributed by atoms with Gasteiger partial charge >= 0.3 is 6.18 Å². The number of alkyl halides is 3. The Hall–Kier alpha value is -3.28. The summed E-state index contributed by atoms with van der Waals surface area (Å²) in [6, 6.07) is 5.55. The van der Waals surface area contributed by atoms with Crippen molar-refractivity contribution in [2.45, 2.75) is 24.8 Å². The van der Waals surface area contributed by atoms with Crippen LogP contribution in [0.1, 0.15) is 17.0 Å². The summed E-state index contributed by atoms with van der Waals surface area (Å²) in [5.41, 5.74) is 1.03. The van der Waals surface area contributed by atoms with Gasteiger partial charge in [0.2, 0.25) is 5.91 Å². The summed E-state index contributed by atoms with van der Waals surface area (Å²) in [6.45, 7) is 2.17. The van der Waals surface area contributed by atoms with Gasteiger partial charge in [-0.3, -0.25) is 9.48 Å². The molecule has 1 amide bonds. The van der Waals surface area contributed by atoms with Crippen LogP contribution in [-0.2, 0) is 24.6 Å². The third-order valence-electron chi connectivity index (χ3n) is 4.95. The van der Waals surface area contributed by atoms with E-state index in [-0.39, 0.29) is 22.5 Å². The van der Waals surface area contributed by atoms with Crippen LogP contribution in [0, 0.1) is 6.92 Å². The lowest BCUT2D eigenvalue weighted by molar-refractivity contribution is -0.141. The number of ether oxygens (including phenoxy) is 2. The molecule has 0 aliphatic heterocycles. The van der Waals surface area contributed by atoms with Gasteiger partial charge in [-0.25, -0.2) is 9.97 Å². The molecule has 0 spiro atoms. The van der Waals surface area contributed by atoms with Gasteiger partial charge in [-0.05, 0) is 31.2 Å². The first kappa shape index (κ1) is 25.3. The van der Waals surface area contributed by atoms with E-state index in [4.69, 9.17) is 9.47 Å². The summed E-state index contributed by atoms with van der Waals surface area (Å²) in [7, 11) is 6.30. The lowest BCUT2D eigenvalue weighted by Gasteiger charge is -2.16. The fourth-order valence-electron chi connectivity index (χ4n) is 3.16. The molecule has 3 aromatic rings. The predicted octanol–water partition coefficient (Wildman–Crippen LogP) is 3.97. The van der Waals surface area contributed by atoms with E-state index in [9.17, 15) is 18.0 Å². The number of thioether (sulfide) groups is 1. The molecule has 2 aromatic heterocycles. The van der Waals surface area contributed by atoms with E-state index in [1.165, 1.54) is 25.2 Å². The molecule has 0 radical (unpaired) electrons. The van der Waals surface area contributed by atoms with Crippen molar-refractivity contribution in [2.75, 3.05) is 27.0 Å². The average Bonchev–Trinajstić information content (AvgIpc) is 3.12. The second kappa shape index (κ2) is 10.3. The number of amides is 1. The molecule has 8 nitrogen and oxygen atoms in total. The van der Waals surface area contributed by atoms with E-state index < -0.39 is 11.9 Å². The molecule has 1 aromatic carbocycles. The molecule has 0 N–H and O–H groups in total. The topological polar surface area (TPSA) is 82.4 Å². The van der Waals surface area contributed by atoms with Crippen LogP contribution in [0.3, 0.4) is 0 Å². The maximum Gasteiger partial charge on any atom is 0.433 e. The Kier molecular flexibility index (Phi) is 7.70. The largest absolute Gasteiger partial charge is 0.493 e. The SMILES string of the molecule is COc1ccc(-c2cc(C(F)(F)F)nc(SCC(=O)N(C)Cc3cn(C)nc3C)n2)cc1OC. The molecule has 0 saturated carbocycles. The van der Waals surface area contributed by atoms with E-state index in [1.807, 2.05) is 13.1 Å². The van der Waals surface area contributed by atoms with Crippen LogP contribution in [0.5, 0.6) is 11.5 Å². The van der Waals surface area contributed by atoms with E-state index in [0.29, 0.717) is 23.6 Å². The Bertz CT molecular complexity index is 1180. The highest BCUT2D eigenvalue weighted by Gasteiger charge is 2.34. The van der Waals surface area contributed by atoms with Crippen LogP contribution in [0.15, 0.2) is 35.6 Å². The highest BCUT2D eigenvalue weighted by atomic mass is 32.2. The van der Waals surface area contributed by atoms with E-state index in [2.05, 4.69) is 15.1 Å². The molecule has 182 valence electrons. The standard InChI is InChI=1S/C22H24F3N5O3S/c1-13-15(11-30(3)28-13)10-29(2)20(31)12-34-21-26-16(9-19(27-21)22(23,24)25)14-6-7-17(32-4)18(8-14)33-5/h6-9,11H,10,12H2,1-5H3. The van der Waals surface area contributed by atoms with Crippen molar-refractivity contribution in [3.05, 3.63) is 47.4 Å². The smallest absolute Gasteiger partial charge is 0.433 e. The Labute approximate surface area is 199 Å². The predicted molar refractivity (Wildman–Crippen MR) is 121 cm³/mol.